The zero-order valence-corrected chi connectivity index (χ0v) is 10.8. The number of anilines is 1. The van der Waals surface area contributed by atoms with Gasteiger partial charge in [-0.05, 0) is 18.4 Å². The fourth-order valence-corrected chi connectivity index (χ4v) is 2.68. The molecule has 0 aliphatic heterocycles. The number of carboxylic acid groups (broad SMARTS) is 1. The summed E-state index contributed by atoms with van der Waals surface area (Å²) < 4.78 is 0. The number of para-hydroxylation sites is 1. The molecule has 4 nitrogen and oxygen atoms in total. The fourth-order valence-electron chi connectivity index (χ4n) is 2.68. The van der Waals surface area contributed by atoms with E-state index in [2.05, 4.69) is 10.3 Å². The SMILES string of the molecule is O=C(O)c1c(NCCC2CCC2)[nH]c2ccccc12. The van der Waals surface area contributed by atoms with Crippen molar-refractivity contribution in [2.45, 2.75) is 25.7 Å². The van der Waals surface area contributed by atoms with Crippen LogP contribution in [0.1, 0.15) is 36.0 Å². The predicted octanol–water partition coefficient (Wildman–Crippen LogP) is 3.47. The number of aromatic carboxylic acids is 1. The van der Waals surface area contributed by atoms with Crippen molar-refractivity contribution in [2.75, 3.05) is 11.9 Å². The van der Waals surface area contributed by atoms with Gasteiger partial charge in [-0.25, -0.2) is 4.79 Å². The third-order valence-electron chi connectivity index (χ3n) is 4.00. The highest BCUT2D eigenvalue weighted by molar-refractivity contribution is 6.08. The minimum atomic E-state index is -0.886. The van der Waals surface area contributed by atoms with E-state index in [-0.39, 0.29) is 0 Å². The molecule has 1 aromatic carbocycles. The Labute approximate surface area is 111 Å². The summed E-state index contributed by atoms with van der Waals surface area (Å²) in [7, 11) is 0. The van der Waals surface area contributed by atoms with E-state index < -0.39 is 5.97 Å². The lowest BCUT2D eigenvalue weighted by atomic mass is 9.83. The number of aromatic amines is 1. The third-order valence-corrected chi connectivity index (χ3v) is 4.00. The number of hydrogen-bond acceptors (Lipinski definition) is 2. The van der Waals surface area contributed by atoms with Crippen LogP contribution < -0.4 is 5.32 Å². The molecule has 0 radical (unpaired) electrons. The molecule has 1 saturated carbocycles. The maximum atomic E-state index is 11.4. The van der Waals surface area contributed by atoms with Crippen LogP contribution in [0.4, 0.5) is 5.82 Å². The molecule has 3 N–H and O–H groups in total. The van der Waals surface area contributed by atoms with Crippen molar-refractivity contribution in [3.05, 3.63) is 29.8 Å². The summed E-state index contributed by atoms with van der Waals surface area (Å²) in [5.74, 6) is 0.571. The van der Waals surface area contributed by atoms with E-state index in [9.17, 15) is 9.90 Å². The van der Waals surface area contributed by atoms with Crippen LogP contribution in [0.15, 0.2) is 24.3 Å². The van der Waals surface area contributed by atoms with Crippen LogP contribution >= 0.6 is 0 Å². The predicted molar refractivity (Wildman–Crippen MR) is 75.7 cm³/mol. The van der Waals surface area contributed by atoms with Crippen LogP contribution in [0.5, 0.6) is 0 Å². The molecule has 2 aromatic rings. The molecule has 19 heavy (non-hydrogen) atoms. The lowest BCUT2D eigenvalue weighted by molar-refractivity contribution is 0.0700. The number of H-pyrrole nitrogens is 1. The maximum Gasteiger partial charge on any atom is 0.340 e. The van der Waals surface area contributed by atoms with Gasteiger partial charge < -0.3 is 15.4 Å². The van der Waals surface area contributed by atoms with E-state index in [0.29, 0.717) is 11.4 Å². The van der Waals surface area contributed by atoms with E-state index in [1.807, 2.05) is 24.3 Å². The highest BCUT2D eigenvalue weighted by Crippen LogP contribution is 2.30. The van der Waals surface area contributed by atoms with Crippen LogP contribution in [-0.4, -0.2) is 22.6 Å². The normalized spacial score (nSPS) is 15.4. The summed E-state index contributed by atoms with van der Waals surface area (Å²) in [6.45, 7) is 0.831. The average Bonchev–Trinajstić information content (AvgIpc) is 2.70. The molecule has 0 atom stereocenters. The third kappa shape index (κ3) is 2.30. The maximum absolute atomic E-state index is 11.4. The first-order valence-corrected chi connectivity index (χ1v) is 6.83. The molecule has 3 rings (SSSR count). The topological polar surface area (TPSA) is 65.1 Å². The number of nitrogens with one attached hydrogen (secondary N) is 2. The first-order chi connectivity index (χ1) is 9.25. The Morgan fingerprint density at radius 1 is 1.37 bits per heavy atom. The summed E-state index contributed by atoms with van der Waals surface area (Å²) in [6.07, 6.45) is 5.10. The molecule has 1 fully saturated rings. The van der Waals surface area contributed by atoms with Crippen LogP contribution in [0.2, 0.25) is 0 Å². The van der Waals surface area contributed by atoms with Gasteiger partial charge in [0.25, 0.3) is 0 Å². The summed E-state index contributed by atoms with van der Waals surface area (Å²) in [4.78, 5) is 14.6. The van der Waals surface area contributed by atoms with Gasteiger partial charge in [-0.2, -0.15) is 0 Å². The van der Waals surface area contributed by atoms with Gasteiger partial charge in [-0.15, -0.1) is 0 Å². The quantitative estimate of drug-likeness (QED) is 0.769. The number of hydrogen-bond donors (Lipinski definition) is 3. The first-order valence-electron chi connectivity index (χ1n) is 6.83. The number of carbonyl (C=O) groups is 1. The molecule has 1 aliphatic carbocycles. The van der Waals surface area contributed by atoms with Crippen molar-refractivity contribution < 1.29 is 9.90 Å². The molecule has 0 amide bonds. The molecule has 100 valence electrons. The lowest BCUT2D eigenvalue weighted by Crippen LogP contribution is -2.16. The van der Waals surface area contributed by atoms with E-state index in [0.717, 1.165) is 29.8 Å². The van der Waals surface area contributed by atoms with E-state index >= 15 is 0 Å². The zero-order valence-electron chi connectivity index (χ0n) is 10.8. The standard InChI is InChI=1S/C15H18N2O2/c18-15(19)13-11-6-1-2-7-12(11)17-14(13)16-9-8-10-4-3-5-10/h1-2,6-7,10,16-17H,3-5,8-9H2,(H,18,19). The highest BCUT2D eigenvalue weighted by Gasteiger charge is 2.19. The van der Waals surface area contributed by atoms with Gasteiger partial charge in [0, 0.05) is 17.4 Å². The van der Waals surface area contributed by atoms with Crippen LogP contribution in [0.25, 0.3) is 10.9 Å². The van der Waals surface area contributed by atoms with Gasteiger partial charge in [0.1, 0.15) is 11.4 Å². The monoisotopic (exact) mass is 258 g/mol. The minimum absolute atomic E-state index is 0.351. The molecule has 1 aliphatic rings. The van der Waals surface area contributed by atoms with Crippen molar-refractivity contribution >= 4 is 22.7 Å². The molecular formula is C15H18N2O2. The fraction of sp³-hybridized carbons (Fsp3) is 0.400. The molecule has 0 spiro atoms. The van der Waals surface area contributed by atoms with Crippen molar-refractivity contribution in [3.8, 4) is 0 Å². The van der Waals surface area contributed by atoms with Crippen molar-refractivity contribution in [3.63, 3.8) is 0 Å². The van der Waals surface area contributed by atoms with Gasteiger partial charge in [0.2, 0.25) is 0 Å². The summed E-state index contributed by atoms with van der Waals surface area (Å²) >= 11 is 0. The average molecular weight is 258 g/mol. The lowest BCUT2D eigenvalue weighted by Gasteiger charge is -2.25. The number of fused-ring (bicyclic) bond motifs is 1. The van der Waals surface area contributed by atoms with Crippen molar-refractivity contribution in [1.29, 1.82) is 0 Å². The molecule has 1 heterocycles. The number of aromatic nitrogens is 1. The molecule has 4 heteroatoms. The molecule has 0 unspecified atom stereocenters. The Hall–Kier alpha value is -1.97. The highest BCUT2D eigenvalue weighted by atomic mass is 16.4. The molecule has 0 bridgehead atoms. The smallest absolute Gasteiger partial charge is 0.340 e. The molecule has 1 aromatic heterocycles. The van der Waals surface area contributed by atoms with Crippen LogP contribution in [-0.2, 0) is 0 Å². The van der Waals surface area contributed by atoms with Gasteiger partial charge >= 0.3 is 5.97 Å². The van der Waals surface area contributed by atoms with Gasteiger partial charge in [0.05, 0.1) is 0 Å². The Morgan fingerprint density at radius 2 is 2.16 bits per heavy atom. The van der Waals surface area contributed by atoms with Gasteiger partial charge in [-0.3, -0.25) is 0 Å². The summed E-state index contributed by atoms with van der Waals surface area (Å²) in [6, 6.07) is 7.51. The largest absolute Gasteiger partial charge is 0.478 e. The Morgan fingerprint density at radius 3 is 2.84 bits per heavy atom. The van der Waals surface area contributed by atoms with E-state index in [1.165, 1.54) is 19.3 Å². The second-order valence-electron chi connectivity index (χ2n) is 5.24. The number of rotatable bonds is 5. The minimum Gasteiger partial charge on any atom is -0.478 e. The second kappa shape index (κ2) is 4.96. The second-order valence-corrected chi connectivity index (χ2v) is 5.24. The number of carboxylic acids is 1. The zero-order chi connectivity index (χ0) is 13.2. The van der Waals surface area contributed by atoms with Crippen molar-refractivity contribution in [2.24, 2.45) is 5.92 Å². The van der Waals surface area contributed by atoms with Crippen LogP contribution in [0, 0.1) is 5.92 Å². The summed E-state index contributed by atoms with van der Waals surface area (Å²) in [5.41, 5.74) is 1.22. The first kappa shape index (κ1) is 12.1. The van der Waals surface area contributed by atoms with Gasteiger partial charge in [-0.1, -0.05) is 37.5 Å². The van der Waals surface area contributed by atoms with E-state index in [4.69, 9.17) is 0 Å². The summed E-state index contributed by atoms with van der Waals surface area (Å²) in [5, 5.41) is 13.4. The van der Waals surface area contributed by atoms with Crippen molar-refractivity contribution in [1.82, 2.24) is 4.98 Å². The molecule has 0 saturated heterocycles. The van der Waals surface area contributed by atoms with E-state index in [1.54, 1.807) is 0 Å². The Bertz CT molecular complexity index is 599. The Balaban J connectivity index is 1.80. The molecular weight excluding hydrogens is 240 g/mol. The van der Waals surface area contributed by atoms with Crippen LogP contribution in [0.3, 0.4) is 0 Å². The number of benzene rings is 1. The Kier molecular flexibility index (Phi) is 3.15. The van der Waals surface area contributed by atoms with Gasteiger partial charge in [0.15, 0.2) is 0 Å².